The third-order valence-electron chi connectivity index (χ3n) is 3.42. The first kappa shape index (κ1) is 18.3. The summed E-state index contributed by atoms with van der Waals surface area (Å²) in [5, 5.41) is 3.55. The molecule has 0 saturated heterocycles. The molecule has 4 nitrogen and oxygen atoms in total. The zero-order valence-electron chi connectivity index (χ0n) is 13.1. The Hall–Kier alpha value is -2.04. The van der Waals surface area contributed by atoms with Gasteiger partial charge < -0.3 is 10.1 Å². The molecule has 0 aliphatic heterocycles. The Morgan fingerprint density at radius 1 is 1.04 bits per heavy atom. The summed E-state index contributed by atoms with van der Waals surface area (Å²) in [7, 11) is 0. The lowest BCUT2D eigenvalue weighted by molar-refractivity contribution is -0.148. The molecule has 0 radical (unpaired) electrons. The van der Waals surface area contributed by atoms with Crippen molar-refractivity contribution in [3.8, 4) is 0 Å². The predicted molar refractivity (Wildman–Crippen MR) is 94.1 cm³/mol. The molecule has 2 aromatic carbocycles. The van der Waals surface area contributed by atoms with Crippen LogP contribution in [0.1, 0.15) is 24.1 Å². The molecule has 0 unspecified atom stereocenters. The van der Waals surface area contributed by atoms with Crippen molar-refractivity contribution in [1.82, 2.24) is 5.32 Å². The predicted octanol–water partition coefficient (Wildman–Crippen LogP) is 3.96. The van der Waals surface area contributed by atoms with E-state index in [9.17, 15) is 9.59 Å². The second-order valence-electron chi connectivity index (χ2n) is 5.24. The Kier molecular flexibility index (Phi) is 6.64. The van der Waals surface area contributed by atoms with Crippen LogP contribution in [0, 0.1) is 0 Å². The van der Waals surface area contributed by atoms with Crippen LogP contribution >= 0.6 is 23.2 Å². The van der Waals surface area contributed by atoms with Gasteiger partial charge in [0.25, 0.3) is 5.91 Å². The number of ether oxygens (including phenoxy) is 1. The third-order valence-corrected chi connectivity index (χ3v) is 4.13. The Morgan fingerprint density at radius 3 is 2.29 bits per heavy atom. The number of rotatable bonds is 6. The fourth-order valence-electron chi connectivity index (χ4n) is 2.15. The quantitative estimate of drug-likeness (QED) is 0.788. The Morgan fingerprint density at radius 2 is 1.67 bits per heavy atom. The van der Waals surface area contributed by atoms with E-state index in [2.05, 4.69) is 5.32 Å². The Bertz CT molecular complexity index is 699. The standard InChI is InChI=1S/C18H17Cl2NO3/c1-12(13-6-3-2-4-7-13)21-17(22)11-24-18(23)10-14-15(19)8-5-9-16(14)20/h2-9,12H,10-11H2,1H3,(H,21,22)/t12-/m1/s1. The minimum Gasteiger partial charge on any atom is -0.455 e. The Balaban J connectivity index is 1.82. The summed E-state index contributed by atoms with van der Waals surface area (Å²) in [4.78, 5) is 23.7. The molecule has 0 saturated carbocycles. The molecule has 0 aliphatic rings. The first-order valence-corrected chi connectivity index (χ1v) is 8.16. The van der Waals surface area contributed by atoms with Gasteiger partial charge in [0.15, 0.2) is 6.61 Å². The zero-order valence-corrected chi connectivity index (χ0v) is 14.6. The van der Waals surface area contributed by atoms with Crippen molar-refractivity contribution in [2.45, 2.75) is 19.4 Å². The number of amides is 1. The van der Waals surface area contributed by atoms with Gasteiger partial charge in [-0.3, -0.25) is 9.59 Å². The highest BCUT2D eigenvalue weighted by Crippen LogP contribution is 2.24. The van der Waals surface area contributed by atoms with Crippen LogP contribution < -0.4 is 5.32 Å². The van der Waals surface area contributed by atoms with Gasteiger partial charge in [0.05, 0.1) is 12.5 Å². The van der Waals surface area contributed by atoms with Crippen molar-refractivity contribution < 1.29 is 14.3 Å². The molecule has 0 aliphatic carbocycles. The second-order valence-corrected chi connectivity index (χ2v) is 6.05. The number of halogens is 2. The van der Waals surface area contributed by atoms with Gasteiger partial charge in [0, 0.05) is 15.6 Å². The first-order chi connectivity index (χ1) is 11.5. The number of nitrogens with one attached hydrogen (secondary N) is 1. The van der Waals surface area contributed by atoms with Crippen LogP contribution in [-0.2, 0) is 20.7 Å². The van der Waals surface area contributed by atoms with Gasteiger partial charge in [0.1, 0.15) is 0 Å². The highest BCUT2D eigenvalue weighted by atomic mass is 35.5. The molecule has 2 aromatic rings. The smallest absolute Gasteiger partial charge is 0.310 e. The maximum absolute atomic E-state index is 11.9. The molecule has 0 bridgehead atoms. The monoisotopic (exact) mass is 365 g/mol. The van der Waals surface area contributed by atoms with Gasteiger partial charge in [-0.25, -0.2) is 0 Å². The van der Waals surface area contributed by atoms with Crippen LogP contribution in [0.5, 0.6) is 0 Å². The number of hydrogen-bond donors (Lipinski definition) is 1. The van der Waals surface area contributed by atoms with Gasteiger partial charge in [-0.2, -0.15) is 0 Å². The van der Waals surface area contributed by atoms with E-state index < -0.39 is 5.97 Å². The van der Waals surface area contributed by atoms with Gasteiger partial charge >= 0.3 is 5.97 Å². The van der Waals surface area contributed by atoms with E-state index in [1.165, 1.54) is 0 Å². The van der Waals surface area contributed by atoms with Crippen molar-refractivity contribution in [3.63, 3.8) is 0 Å². The normalized spacial score (nSPS) is 11.6. The largest absolute Gasteiger partial charge is 0.455 e. The maximum Gasteiger partial charge on any atom is 0.310 e. The highest BCUT2D eigenvalue weighted by molar-refractivity contribution is 6.36. The molecule has 0 heterocycles. The van der Waals surface area contributed by atoms with Crippen LogP contribution in [0.4, 0.5) is 0 Å². The number of carbonyl (C=O) groups excluding carboxylic acids is 2. The number of hydrogen-bond acceptors (Lipinski definition) is 3. The summed E-state index contributed by atoms with van der Waals surface area (Å²) in [6, 6.07) is 14.3. The highest BCUT2D eigenvalue weighted by Gasteiger charge is 2.14. The number of carbonyl (C=O) groups is 2. The van der Waals surface area contributed by atoms with Crippen molar-refractivity contribution in [2.75, 3.05) is 6.61 Å². The van der Waals surface area contributed by atoms with Crippen molar-refractivity contribution >= 4 is 35.1 Å². The summed E-state index contributed by atoms with van der Waals surface area (Å²) in [5.74, 6) is -0.933. The fraction of sp³-hybridized carbons (Fsp3) is 0.222. The first-order valence-electron chi connectivity index (χ1n) is 7.40. The summed E-state index contributed by atoms with van der Waals surface area (Å²) in [5.41, 5.74) is 1.46. The topological polar surface area (TPSA) is 55.4 Å². The summed E-state index contributed by atoms with van der Waals surface area (Å²) < 4.78 is 4.99. The molecule has 126 valence electrons. The molecular weight excluding hydrogens is 349 g/mol. The second kappa shape index (κ2) is 8.71. The van der Waals surface area contributed by atoms with E-state index in [0.717, 1.165) is 5.56 Å². The average molecular weight is 366 g/mol. The minimum absolute atomic E-state index is 0.0833. The Labute approximate surface area is 150 Å². The minimum atomic E-state index is -0.562. The van der Waals surface area contributed by atoms with Crippen LogP contribution in [0.3, 0.4) is 0 Å². The van der Waals surface area contributed by atoms with E-state index in [1.54, 1.807) is 18.2 Å². The van der Waals surface area contributed by atoms with E-state index in [1.807, 2.05) is 37.3 Å². The molecule has 2 rings (SSSR count). The van der Waals surface area contributed by atoms with Crippen molar-refractivity contribution in [3.05, 3.63) is 69.7 Å². The van der Waals surface area contributed by atoms with E-state index >= 15 is 0 Å². The summed E-state index contributed by atoms with van der Waals surface area (Å²) >= 11 is 12.0. The van der Waals surface area contributed by atoms with E-state index in [-0.39, 0.29) is 25.0 Å². The average Bonchev–Trinajstić information content (AvgIpc) is 2.57. The molecule has 0 spiro atoms. The van der Waals surface area contributed by atoms with Crippen LogP contribution in [-0.4, -0.2) is 18.5 Å². The lowest BCUT2D eigenvalue weighted by atomic mass is 10.1. The van der Waals surface area contributed by atoms with Gasteiger partial charge in [-0.1, -0.05) is 59.6 Å². The molecule has 0 aromatic heterocycles. The van der Waals surface area contributed by atoms with Gasteiger partial charge in [-0.05, 0) is 24.6 Å². The van der Waals surface area contributed by atoms with Crippen molar-refractivity contribution in [2.24, 2.45) is 0 Å². The maximum atomic E-state index is 11.9. The summed E-state index contributed by atoms with van der Waals surface area (Å²) in [6.07, 6.45) is -0.0833. The van der Waals surface area contributed by atoms with E-state index in [0.29, 0.717) is 15.6 Å². The number of benzene rings is 2. The van der Waals surface area contributed by atoms with Crippen LogP contribution in [0.25, 0.3) is 0 Å². The van der Waals surface area contributed by atoms with E-state index in [4.69, 9.17) is 27.9 Å². The lowest BCUT2D eigenvalue weighted by Crippen LogP contribution is -2.31. The lowest BCUT2D eigenvalue weighted by Gasteiger charge is -2.14. The molecule has 24 heavy (non-hydrogen) atoms. The third kappa shape index (κ3) is 5.25. The van der Waals surface area contributed by atoms with Gasteiger partial charge in [0.2, 0.25) is 0 Å². The molecule has 6 heteroatoms. The fourth-order valence-corrected chi connectivity index (χ4v) is 2.68. The SMILES string of the molecule is C[C@@H](NC(=O)COC(=O)Cc1c(Cl)cccc1Cl)c1ccccc1. The summed E-state index contributed by atoms with van der Waals surface area (Å²) in [6.45, 7) is 1.51. The van der Waals surface area contributed by atoms with Crippen LogP contribution in [0.15, 0.2) is 48.5 Å². The molecule has 0 fully saturated rings. The molecular formula is C18H17Cl2NO3. The van der Waals surface area contributed by atoms with Crippen LogP contribution in [0.2, 0.25) is 10.0 Å². The van der Waals surface area contributed by atoms with Crippen molar-refractivity contribution in [1.29, 1.82) is 0 Å². The zero-order chi connectivity index (χ0) is 17.5. The molecule has 1 amide bonds. The van der Waals surface area contributed by atoms with Gasteiger partial charge in [-0.15, -0.1) is 0 Å². The number of esters is 1. The molecule has 1 atom stereocenters. The molecule has 1 N–H and O–H groups in total.